The number of nitrogens with zero attached hydrogens (tertiary/aromatic N) is 3. The fourth-order valence-corrected chi connectivity index (χ4v) is 4.18. The fraction of sp³-hybridized carbons (Fsp3) is 0.360. The zero-order chi connectivity index (χ0) is 22.7. The van der Waals surface area contributed by atoms with Gasteiger partial charge in [0.2, 0.25) is 5.95 Å². The molecule has 166 valence electrons. The summed E-state index contributed by atoms with van der Waals surface area (Å²) in [4.78, 5) is 35.6. The molecule has 0 bridgehead atoms. The van der Waals surface area contributed by atoms with Crippen LogP contribution in [0.1, 0.15) is 53.3 Å². The number of nitrogens with one attached hydrogen (secondary N) is 2. The Morgan fingerprint density at radius 1 is 0.906 bits per heavy atom. The van der Waals surface area contributed by atoms with Crippen molar-refractivity contribution in [1.82, 2.24) is 15.3 Å². The molecule has 0 unspecified atom stereocenters. The number of aromatic nitrogens is 2. The van der Waals surface area contributed by atoms with E-state index in [-0.39, 0.29) is 23.8 Å². The highest BCUT2D eigenvalue weighted by Crippen LogP contribution is 2.26. The Balaban J connectivity index is 1.37. The van der Waals surface area contributed by atoms with Crippen LogP contribution in [-0.4, -0.2) is 47.8 Å². The number of fused-ring (bicyclic) bond motifs is 1. The second kappa shape index (κ2) is 9.34. The van der Waals surface area contributed by atoms with Crippen molar-refractivity contribution >= 4 is 34.4 Å². The van der Waals surface area contributed by atoms with E-state index in [4.69, 9.17) is 9.97 Å². The zero-order valence-corrected chi connectivity index (χ0v) is 18.8. The molecule has 1 fully saturated rings. The summed E-state index contributed by atoms with van der Waals surface area (Å²) in [5, 5.41) is 7.64. The zero-order valence-electron chi connectivity index (χ0n) is 18.8. The number of anilines is 2. The number of carbonyl (C=O) groups excluding carboxylic acids is 2. The first-order valence-corrected chi connectivity index (χ1v) is 11.0. The molecule has 0 aliphatic heterocycles. The van der Waals surface area contributed by atoms with E-state index in [2.05, 4.69) is 10.6 Å². The van der Waals surface area contributed by atoms with Gasteiger partial charge in [0.15, 0.2) is 5.78 Å². The van der Waals surface area contributed by atoms with Crippen LogP contribution in [0.25, 0.3) is 10.9 Å². The number of benzene rings is 2. The van der Waals surface area contributed by atoms with Gasteiger partial charge in [-0.05, 0) is 56.9 Å². The number of hydrogen-bond acceptors (Lipinski definition) is 6. The Bertz CT molecular complexity index is 1140. The molecule has 7 nitrogen and oxygen atoms in total. The van der Waals surface area contributed by atoms with E-state index in [1.807, 2.05) is 43.3 Å². The average molecular weight is 432 g/mol. The largest absolute Gasteiger partial charge is 0.362 e. The summed E-state index contributed by atoms with van der Waals surface area (Å²) >= 11 is 0. The Labute approximate surface area is 188 Å². The lowest BCUT2D eigenvalue weighted by atomic mass is 9.91. The van der Waals surface area contributed by atoms with Crippen LogP contribution in [0.4, 0.5) is 11.8 Å². The van der Waals surface area contributed by atoms with Gasteiger partial charge in [-0.1, -0.05) is 24.3 Å². The Morgan fingerprint density at radius 3 is 2.31 bits per heavy atom. The van der Waals surface area contributed by atoms with Crippen molar-refractivity contribution in [3.63, 3.8) is 0 Å². The maximum absolute atomic E-state index is 12.6. The molecule has 1 amide bonds. The SMILES string of the molecule is CC(=O)c1cccc(C(=O)NC2CCC(Nc3nc(N(C)C)c4ccccc4n3)CC2)c1. The molecule has 1 aliphatic rings. The number of amides is 1. The molecule has 0 spiro atoms. The molecule has 2 aromatic carbocycles. The summed E-state index contributed by atoms with van der Waals surface area (Å²) < 4.78 is 0. The van der Waals surface area contributed by atoms with Crippen LogP contribution in [0.5, 0.6) is 0 Å². The molecule has 1 aliphatic carbocycles. The van der Waals surface area contributed by atoms with Gasteiger partial charge in [-0.25, -0.2) is 4.98 Å². The van der Waals surface area contributed by atoms with E-state index in [9.17, 15) is 9.59 Å². The molecule has 32 heavy (non-hydrogen) atoms. The monoisotopic (exact) mass is 431 g/mol. The van der Waals surface area contributed by atoms with Crippen molar-refractivity contribution < 1.29 is 9.59 Å². The molecular formula is C25H29N5O2. The van der Waals surface area contributed by atoms with Crippen LogP contribution < -0.4 is 15.5 Å². The highest BCUT2D eigenvalue weighted by Gasteiger charge is 2.24. The molecule has 1 saturated carbocycles. The molecule has 0 saturated heterocycles. The fourth-order valence-electron chi connectivity index (χ4n) is 4.18. The third-order valence-corrected chi connectivity index (χ3v) is 5.93. The number of Topliss-reactive ketones (excluding diaryl/α,β-unsaturated/α-hetero) is 1. The van der Waals surface area contributed by atoms with Gasteiger partial charge in [-0.15, -0.1) is 0 Å². The number of carbonyl (C=O) groups is 2. The Kier molecular flexibility index (Phi) is 6.35. The number of ketones is 1. The molecule has 1 heterocycles. The second-order valence-electron chi connectivity index (χ2n) is 8.59. The normalized spacial score (nSPS) is 18.2. The standard InChI is InChI=1S/C25H29N5O2/c1-16(31)17-7-6-8-18(15-17)24(32)26-19-11-13-20(14-12-19)27-25-28-22-10-5-4-9-21(22)23(29-25)30(2)3/h4-10,15,19-20H,11-14H2,1-3H3,(H,26,32)(H,27,28,29). The first kappa shape index (κ1) is 21.7. The first-order chi connectivity index (χ1) is 15.4. The summed E-state index contributed by atoms with van der Waals surface area (Å²) in [6.07, 6.45) is 3.60. The van der Waals surface area contributed by atoms with Crippen LogP contribution >= 0.6 is 0 Å². The van der Waals surface area contributed by atoms with E-state index >= 15 is 0 Å². The molecule has 1 aromatic heterocycles. The van der Waals surface area contributed by atoms with E-state index in [0.29, 0.717) is 17.1 Å². The lowest BCUT2D eigenvalue weighted by Crippen LogP contribution is -2.40. The summed E-state index contributed by atoms with van der Waals surface area (Å²) in [6, 6.07) is 15.3. The van der Waals surface area contributed by atoms with Gasteiger partial charge in [0.1, 0.15) is 5.82 Å². The third kappa shape index (κ3) is 4.88. The lowest BCUT2D eigenvalue weighted by Gasteiger charge is -2.30. The molecule has 7 heteroatoms. The number of para-hydroxylation sites is 1. The second-order valence-corrected chi connectivity index (χ2v) is 8.59. The van der Waals surface area contributed by atoms with E-state index in [1.165, 1.54) is 6.92 Å². The highest BCUT2D eigenvalue weighted by molar-refractivity contribution is 5.99. The van der Waals surface area contributed by atoms with Gasteiger partial charge in [0, 0.05) is 42.7 Å². The number of hydrogen-bond donors (Lipinski definition) is 2. The molecule has 3 aromatic rings. The van der Waals surface area contributed by atoms with Crippen molar-refractivity contribution in [2.24, 2.45) is 0 Å². The van der Waals surface area contributed by atoms with Gasteiger partial charge in [-0.3, -0.25) is 9.59 Å². The van der Waals surface area contributed by atoms with Crippen LogP contribution in [0.3, 0.4) is 0 Å². The molecule has 4 rings (SSSR count). The Hall–Kier alpha value is -3.48. The van der Waals surface area contributed by atoms with Gasteiger partial charge in [0.25, 0.3) is 5.91 Å². The van der Waals surface area contributed by atoms with Crippen LogP contribution in [-0.2, 0) is 0 Å². The first-order valence-electron chi connectivity index (χ1n) is 11.0. The average Bonchev–Trinajstić information content (AvgIpc) is 2.79. The summed E-state index contributed by atoms with van der Waals surface area (Å²) in [6.45, 7) is 1.51. The minimum atomic E-state index is -0.127. The molecular weight excluding hydrogens is 402 g/mol. The molecule has 2 N–H and O–H groups in total. The van der Waals surface area contributed by atoms with E-state index in [1.54, 1.807) is 24.3 Å². The van der Waals surface area contributed by atoms with Crippen molar-refractivity contribution in [2.45, 2.75) is 44.7 Å². The van der Waals surface area contributed by atoms with Crippen molar-refractivity contribution in [1.29, 1.82) is 0 Å². The molecule has 0 radical (unpaired) electrons. The van der Waals surface area contributed by atoms with E-state index in [0.717, 1.165) is 42.4 Å². The summed E-state index contributed by atoms with van der Waals surface area (Å²) in [5.41, 5.74) is 2.00. The van der Waals surface area contributed by atoms with Gasteiger partial charge < -0.3 is 15.5 Å². The lowest BCUT2D eigenvalue weighted by molar-refractivity contribution is 0.0926. The maximum Gasteiger partial charge on any atom is 0.251 e. The smallest absolute Gasteiger partial charge is 0.251 e. The maximum atomic E-state index is 12.6. The van der Waals surface area contributed by atoms with Gasteiger partial charge >= 0.3 is 0 Å². The van der Waals surface area contributed by atoms with Crippen molar-refractivity contribution in [2.75, 3.05) is 24.3 Å². The predicted molar refractivity (Wildman–Crippen MR) is 127 cm³/mol. The Morgan fingerprint density at radius 2 is 1.59 bits per heavy atom. The minimum Gasteiger partial charge on any atom is -0.362 e. The van der Waals surface area contributed by atoms with Crippen molar-refractivity contribution in [3.8, 4) is 0 Å². The highest BCUT2D eigenvalue weighted by atomic mass is 16.1. The number of rotatable bonds is 6. The van der Waals surface area contributed by atoms with Crippen LogP contribution in [0.2, 0.25) is 0 Å². The van der Waals surface area contributed by atoms with Crippen LogP contribution in [0.15, 0.2) is 48.5 Å². The topological polar surface area (TPSA) is 87.2 Å². The summed E-state index contributed by atoms with van der Waals surface area (Å²) in [7, 11) is 3.97. The third-order valence-electron chi connectivity index (χ3n) is 5.93. The molecule has 0 atom stereocenters. The quantitative estimate of drug-likeness (QED) is 0.573. The summed E-state index contributed by atoms with van der Waals surface area (Å²) in [5.74, 6) is 1.37. The van der Waals surface area contributed by atoms with E-state index < -0.39 is 0 Å². The van der Waals surface area contributed by atoms with Gasteiger partial charge in [0.05, 0.1) is 5.52 Å². The van der Waals surface area contributed by atoms with Crippen molar-refractivity contribution in [3.05, 3.63) is 59.7 Å². The predicted octanol–water partition coefficient (Wildman–Crippen LogP) is 4.05. The van der Waals surface area contributed by atoms with Crippen LogP contribution in [0, 0.1) is 0 Å². The minimum absolute atomic E-state index is 0.0421. The van der Waals surface area contributed by atoms with Gasteiger partial charge in [-0.2, -0.15) is 4.98 Å².